The fraction of sp³-hybridized carbons (Fsp3) is 0.526. The van der Waals surface area contributed by atoms with Crippen LogP contribution in [0.5, 0.6) is 0 Å². The van der Waals surface area contributed by atoms with Crippen molar-refractivity contribution >= 4 is 35.8 Å². The van der Waals surface area contributed by atoms with Gasteiger partial charge in [-0.05, 0) is 25.0 Å². The van der Waals surface area contributed by atoms with E-state index in [0.717, 1.165) is 6.08 Å². The molecule has 5 rings (SSSR count). The molecule has 4 aliphatic heterocycles. The molecule has 16 heteroatoms. The maximum absolute atomic E-state index is 12.9. The van der Waals surface area contributed by atoms with E-state index in [1.807, 2.05) is 13.8 Å². The summed E-state index contributed by atoms with van der Waals surface area (Å²) in [7, 11) is 0. The molecule has 1 saturated carbocycles. The van der Waals surface area contributed by atoms with Gasteiger partial charge in [0.05, 0.1) is 11.8 Å². The molecule has 0 aromatic heterocycles. The van der Waals surface area contributed by atoms with Crippen molar-refractivity contribution in [1.29, 1.82) is 0 Å². The van der Waals surface area contributed by atoms with Gasteiger partial charge in [0.2, 0.25) is 11.6 Å². The average molecular weight is 755 g/mol. The van der Waals surface area contributed by atoms with Crippen molar-refractivity contribution in [2.45, 2.75) is 115 Å². The number of rotatable bonds is 10. The Labute approximate surface area is 311 Å². The van der Waals surface area contributed by atoms with Crippen LogP contribution in [-0.2, 0) is 66.7 Å². The number of hydrogen-bond acceptors (Lipinski definition) is 16. The minimum absolute atomic E-state index is 0.110. The van der Waals surface area contributed by atoms with E-state index >= 15 is 0 Å². The monoisotopic (exact) mass is 754 g/mol. The molecule has 54 heavy (non-hydrogen) atoms. The van der Waals surface area contributed by atoms with Crippen molar-refractivity contribution in [3.8, 4) is 0 Å². The van der Waals surface area contributed by atoms with Crippen LogP contribution in [0.25, 0.3) is 0 Å². The molecule has 0 aromatic rings. The van der Waals surface area contributed by atoms with Gasteiger partial charge < -0.3 is 48.1 Å². The largest absolute Gasteiger partial charge is 0.830 e. The second-order valence-corrected chi connectivity index (χ2v) is 13.7. The molecule has 0 N–H and O–H groups in total. The van der Waals surface area contributed by atoms with Crippen LogP contribution in [-0.4, -0.2) is 71.5 Å². The van der Waals surface area contributed by atoms with E-state index < -0.39 is 89.0 Å². The first-order valence-electron chi connectivity index (χ1n) is 17.7. The molecule has 4 saturated heterocycles. The molecule has 0 bridgehead atoms. The summed E-state index contributed by atoms with van der Waals surface area (Å²) in [6.45, 7) is 6.76. The summed E-state index contributed by atoms with van der Waals surface area (Å²) in [5.41, 5.74) is -0.720. The van der Waals surface area contributed by atoms with Crippen LogP contribution in [0.1, 0.15) is 79.1 Å². The molecule has 5 unspecified atom stereocenters. The number of ether oxygens (including phenoxy) is 8. The minimum atomic E-state index is -1.85. The lowest BCUT2D eigenvalue weighted by molar-refractivity contribution is -0.539. The molecular weight excluding hydrogens is 712 g/mol. The summed E-state index contributed by atoms with van der Waals surface area (Å²) >= 11 is 0. The first-order valence-corrected chi connectivity index (χ1v) is 17.7. The van der Waals surface area contributed by atoms with E-state index in [4.69, 9.17) is 37.9 Å². The van der Waals surface area contributed by atoms with Gasteiger partial charge in [-0.1, -0.05) is 62.5 Å². The quantitative estimate of drug-likeness (QED) is 0.102. The number of allylic oxidation sites excluding steroid dienone is 8. The molecule has 4 heterocycles. The fourth-order valence-corrected chi connectivity index (χ4v) is 6.53. The Morgan fingerprint density at radius 3 is 1.43 bits per heavy atom. The van der Waals surface area contributed by atoms with Crippen LogP contribution in [0.2, 0.25) is 0 Å². The Balaban J connectivity index is 1.11. The molecule has 0 radical (unpaired) electrons. The van der Waals surface area contributed by atoms with Crippen LogP contribution in [0.4, 0.5) is 0 Å². The lowest BCUT2D eigenvalue weighted by atomic mass is 9.87. The van der Waals surface area contributed by atoms with E-state index in [-0.39, 0.29) is 31.3 Å². The summed E-state index contributed by atoms with van der Waals surface area (Å²) in [5, 5.41) is 25.3. The van der Waals surface area contributed by atoms with E-state index in [1.54, 1.807) is 0 Å². The van der Waals surface area contributed by atoms with Crippen LogP contribution >= 0.6 is 0 Å². The van der Waals surface area contributed by atoms with Gasteiger partial charge in [0.25, 0.3) is 11.6 Å². The highest BCUT2D eigenvalue weighted by atomic mass is 16.8. The van der Waals surface area contributed by atoms with Gasteiger partial charge in [0, 0.05) is 65.0 Å². The van der Waals surface area contributed by atoms with E-state index in [1.165, 1.54) is 68.5 Å². The van der Waals surface area contributed by atoms with Crippen molar-refractivity contribution in [3.63, 3.8) is 0 Å². The summed E-state index contributed by atoms with van der Waals surface area (Å²) in [4.78, 5) is 75.5. The summed E-state index contributed by atoms with van der Waals surface area (Å²) in [6.07, 6.45) is 11.1. The molecule has 2 spiro atoms. The normalized spacial score (nSPS) is 36.1. The van der Waals surface area contributed by atoms with Crippen molar-refractivity contribution < 1.29 is 76.9 Å². The maximum Gasteiger partial charge on any atom is 0.348 e. The van der Waals surface area contributed by atoms with Gasteiger partial charge in [-0.3, -0.25) is 9.59 Å². The zero-order chi connectivity index (χ0) is 39.3. The molecular formula is C38H42O16-2. The van der Waals surface area contributed by atoms with Crippen molar-refractivity contribution in [2.24, 2.45) is 11.8 Å². The van der Waals surface area contributed by atoms with Gasteiger partial charge in [-0.2, -0.15) is 0 Å². The predicted molar refractivity (Wildman–Crippen MR) is 177 cm³/mol. The fourth-order valence-electron chi connectivity index (χ4n) is 6.53. The van der Waals surface area contributed by atoms with Crippen LogP contribution in [0, 0.1) is 11.8 Å². The Morgan fingerprint density at radius 2 is 0.963 bits per heavy atom. The van der Waals surface area contributed by atoms with Crippen molar-refractivity contribution in [2.75, 3.05) is 0 Å². The Hall–Kier alpha value is -4.90. The van der Waals surface area contributed by atoms with Gasteiger partial charge in [0.1, 0.15) is 11.1 Å². The Bertz CT molecular complexity index is 1660. The number of cyclic esters (lactones) is 3. The second kappa shape index (κ2) is 16.2. The Morgan fingerprint density at radius 1 is 0.537 bits per heavy atom. The predicted octanol–water partition coefficient (Wildman–Crippen LogP) is 2.02. The lowest BCUT2D eigenvalue weighted by Gasteiger charge is -2.50. The summed E-state index contributed by atoms with van der Waals surface area (Å²) in [5.74, 6) is -13.5. The number of carbonyl (C=O) groups is 6. The van der Waals surface area contributed by atoms with E-state index in [0.29, 0.717) is 25.7 Å². The number of esters is 6. The third-order valence-electron chi connectivity index (χ3n) is 9.27. The van der Waals surface area contributed by atoms with Gasteiger partial charge in [-0.15, -0.1) is 0 Å². The first-order chi connectivity index (χ1) is 25.5. The van der Waals surface area contributed by atoms with Crippen molar-refractivity contribution in [3.05, 3.63) is 71.9 Å². The molecule has 1 aliphatic carbocycles. The topological polar surface area (TPSA) is 222 Å². The van der Waals surface area contributed by atoms with Gasteiger partial charge in [-0.25, -0.2) is 19.2 Å². The van der Waals surface area contributed by atoms with Crippen molar-refractivity contribution in [1.82, 2.24) is 0 Å². The molecule has 16 nitrogen and oxygen atoms in total. The molecule has 0 aromatic carbocycles. The van der Waals surface area contributed by atoms with Crippen LogP contribution < -0.4 is 10.2 Å². The average Bonchev–Trinajstić information content (AvgIpc) is 3.06. The van der Waals surface area contributed by atoms with Gasteiger partial charge >= 0.3 is 35.8 Å². The van der Waals surface area contributed by atoms with Crippen LogP contribution in [0.15, 0.2) is 71.9 Å². The third-order valence-corrected chi connectivity index (χ3v) is 9.27. The van der Waals surface area contributed by atoms with E-state index in [2.05, 4.69) is 0 Å². The zero-order valence-electron chi connectivity index (χ0n) is 30.3. The van der Waals surface area contributed by atoms with Crippen LogP contribution in [0.3, 0.4) is 0 Å². The highest BCUT2D eigenvalue weighted by Crippen LogP contribution is 2.45. The molecule has 5 atom stereocenters. The van der Waals surface area contributed by atoms with E-state index in [9.17, 15) is 39.0 Å². The highest BCUT2D eigenvalue weighted by molar-refractivity contribution is 6.16. The Kier molecular flexibility index (Phi) is 12.1. The molecule has 0 amide bonds. The molecule has 292 valence electrons. The lowest BCUT2D eigenvalue weighted by Crippen LogP contribution is -2.60. The molecule has 5 aliphatic rings. The number of carbonyl (C=O) groups excluding carboxylic acids is 6. The maximum atomic E-state index is 12.9. The highest BCUT2D eigenvalue weighted by Gasteiger charge is 2.55. The number of hydrogen-bond donors (Lipinski definition) is 0. The smallest absolute Gasteiger partial charge is 0.348 e. The first kappa shape index (κ1) is 40.3. The molecule has 5 fully saturated rings. The zero-order valence-corrected chi connectivity index (χ0v) is 30.3. The minimum Gasteiger partial charge on any atom is -0.830 e. The standard InChI is InChI=1S/C38H42O16/c1-5-17-35(3)47-27(39)23(28(40)48-35)13-9-7-11-15-25-31(43)51-37(52-32(25)44)19-21-38(22-20-37)53-33(45)26(34(46)54-38)16-12-8-10-14-24-29(41)49-36(4,18-6-2)50-30(24)42/h7-16,23,26-27,33H,5-6,17-22H2,1-4H3/q-2/b10-8+,11-7+,13-9+,16-12+,24-14?,25-15?. The SMILES string of the molecule is CCCC1(C)OC(=O)C(=C/C=C/C=C/C2C(=O)OC3(CCC4(CC3)OC(=O)C(=C/C=C/C=C/C3C(=O)OC(C)(CCC)OC3[O-])C(=O)O4)OC2[O-])C(=O)O1. The van der Waals surface area contributed by atoms with Gasteiger partial charge in [0.15, 0.2) is 0 Å². The second-order valence-electron chi connectivity index (χ2n) is 13.7. The summed E-state index contributed by atoms with van der Waals surface area (Å²) in [6, 6.07) is 0. The summed E-state index contributed by atoms with van der Waals surface area (Å²) < 4.78 is 43.3. The third kappa shape index (κ3) is 9.06.